The van der Waals surface area contributed by atoms with Crippen molar-refractivity contribution in [3.05, 3.63) is 69.5 Å². The zero-order valence-corrected chi connectivity index (χ0v) is 20.9. The second-order valence-electron chi connectivity index (χ2n) is 9.47. The number of benzene rings is 1. The number of hydrogen-bond donors (Lipinski definition) is 4. The molecule has 8 heteroatoms. The molecule has 4 rings (SSSR count). The summed E-state index contributed by atoms with van der Waals surface area (Å²) in [5.41, 5.74) is 12.2. The Hall–Kier alpha value is -2.32. The molecule has 2 heterocycles. The molecule has 0 fully saturated rings. The van der Waals surface area contributed by atoms with E-state index in [2.05, 4.69) is 16.2 Å². The molecule has 1 aromatic carbocycles. The summed E-state index contributed by atoms with van der Waals surface area (Å²) in [6.45, 7) is 2.54. The fourth-order valence-corrected chi connectivity index (χ4v) is 4.91. The molecule has 0 spiro atoms. The number of carbonyl (C=O) groups is 1. The summed E-state index contributed by atoms with van der Waals surface area (Å²) in [4.78, 5) is 16.6. The molecule has 4 N–H and O–H groups in total. The molecule has 34 heavy (non-hydrogen) atoms. The number of rotatable bonds is 9. The minimum atomic E-state index is -0.538. The van der Waals surface area contributed by atoms with Crippen molar-refractivity contribution in [3.63, 3.8) is 0 Å². The summed E-state index contributed by atoms with van der Waals surface area (Å²) in [5.74, 6) is 0.0411. The Morgan fingerprint density at radius 2 is 2.03 bits per heavy atom. The molecule has 0 aromatic heterocycles. The highest BCUT2D eigenvalue weighted by Gasteiger charge is 2.28. The zero-order valence-electron chi connectivity index (χ0n) is 20.1. The lowest BCUT2D eigenvalue weighted by Crippen LogP contribution is -2.43. The van der Waals surface area contributed by atoms with Crippen molar-refractivity contribution in [2.45, 2.75) is 44.2 Å². The molecule has 7 nitrogen and oxygen atoms in total. The Labute approximate surface area is 207 Å². The van der Waals surface area contributed by atoms with Gasteiger partial charge in [-0.1, -0.05) is 29.8 Å². The highest BCUT2D eigenvalue weighted by atomic mass is 35.5. The number of nitrogens with one attached hydrogen (secondary N) is 3. The predicted octanol–water partition coefficient (Wildman–Crippen LogP) is 2.51. The van der Waals surface area contributed by atoms with E-state index in [0.29, 0.717) is 30.4 Å². The number of hydrazine groups is 1. The summed E-state index contributed by atoms with van der Waals surface area (Å²) in [5, 5.41) is 14.4. The van der Waals surface area contributed by atoms with E-state index in [1.165, 1.54) is 24.1 Å². The predicted molar refractivity (Wildman–Crippen MR) is 136 cm³/mol. The van der Waals surface area contributed by atoms with Gasteiger partial charge in [0.1, 0.15) is 5.16 Å². The van der Waals surface area contributed by atoms with Crippen LogP contribution in [0.25, 0.3) is 0 Å². The van der Waals surface area contributed by atoms with E-state index in [1.54, 1.807) is 0 Å². The third kappa shape index (κ3) is 6.02. The normalized spacial score (nSPS) is 20.9. The summed E-state index contributed by atoms with van der Waals surface area (Å²) in [6.07, 6.45) is 8.68. The first-order valence-electron chi connectivity index (χ1n) is 12.2. The molecular formula is C26H36ClN5O2. The zero-order chi connectivity index (χ0) is 24.1. The average molecular weight is 486 g/mol. The van der Waals surface area contributed by atoms with Gasteiger partial charge in [-0.15, -0.1) is 0 Å². The van der Waals surface area contributed by atoms with Crippen LogP contribution >= 0.6 is 11.6 Å². The average Bonchev–Trinajstić information content (AvgIpc) is 3.26. The van der Waals surface area contributed by atoms with Crippen LogP contribution in [0, 0.1) is 0 Å². The van der Waals surface area contributed by atoms with Gasteiger partial charge in [-0.2, -0.15) is 0 Å². The molecule has 2 aliphatic heterocycles. The molecule has 0 radical (unpaired) electrons. The van der Waals surface area contributed by atoms with Crippen molar-refractivity contribution in [2.75, 3.05) is 40.3 Å². The first-order valence-corrected chi connectivity index (χ1v) is 12.5. The minimum absolute atomic E-state index is 0.0411. The van der Waals surface area contributed by atoms with Gasteiger partial charge < -0.3 is 25.6 Å². The fraction of sp³-hybridized carbons (Fsp3) is 0.500. The van der Waals surface area contributed by atoms with Crippen molar-refractivity contribution >= 4 is 17.5 Å². The van der Waals surface area contributed by atoms with Crippen molar-refractivity contribution < 1.29 is 9.90 Å². The molecule has 1 amide bonds. The number of aliphatic hydroxyl groups excluding tert-OH is 1. The number of aliphatic hydroxyl groups is 1. The number of nitrogens with zero attached hydrogens (tertiary/aromatic N) is 2. The van der Waals surface area contributed by atoms with Gasteiger partial charge in [-0.3, -0.25) is 4.79 Å². The number of likely N-dealkylation sites (N-methyl/N-ethyl adjacent to an activating group) is 2. The van der Waals surface area contributed by atoms with E-state index < -0.39 is 6.10 Å². The van der Waals surface area contributed by atoms with Crippen molar-refractivity contribution in [2.24, 2.45) is 0 Å². The summed E-state index contributed by atoms with van der Waals surface area (Å²) >= 11 is 6.06. The topological polar surface area (TPSA) is 79.9 Å². The smallest absolute Gasteiger partial charge is 0.253 e. The highest BCUT2D eigenvalue weighted by Crippen LogP contribution is 2.28. The second kappa shape index (κ2) is 11.4. The van der Waals surface area contributed by atoms with E-state index in [1.807, 2.05) is 60.3 Å². The Morgan fingerprint density at radius 3 is 2.79 bits per heavy atom. The van der Waals surface area contributed by atoms with Gasteiger partial charge in [0.25, 0.3) is 5.91 Å². The van der Waals surface area contributed by atoms with Gasteiger partial charge in [-0.25, -0.2) is 5.43 Å². The summed E-state index contributed by atoms with van der Waals surface area (Å²) in [6, 6.07) is 8.05. The van der Waals surface area contributed by atoms with Gasteiger partial charge in [0, 0.05) is 45.0 Å². The van der Waals surface area contributed by atoms with Crippen LogP contribution in [0.5, 0.6) is 0 Å². The van der Waals surface area contributed by atoms with E-state index in [9.17, 15) is 9.90 Å². The number of allylic oxidation sites excluding steroid dienone is 3. The lowest BCUT2D eigenvalue weighted by atomic mass is 9.92. The summed E-state index contributed by atoms with van der Waals surface area (Å²) < 4.78 is 0. The maximum absolute atomic E-state index is 12.9. The Bertz CT molecular complexity index is 972. The fourth-order valence-electron chi connectivity index (χ4n) is 4.79. The van der Waals surface area contributed by atoms with Gasteiger partial charge in [-0.05, 0) is 73.6 Å². The van der Waals surface area contributed by atoms with Crippen LogP contribution < -0.4 is 16.2 Å². The van der Waals surface area contributed by atoms with Crippen LogP contribution in [-0.2, 0) is 6.42 Å². The van der Waals surface area contributed by atoms with Crippen LogP contribution in [0.3, 0.4) is 0 Å². The number of amides is 1. The van der Waals surface area contributed by atoms with Crippen LogP contribution in [0.1, 0.15) is 41.6 Å². The molecule has 0 bridgehead atoms. The molecule has 3 aliphatic rings. The summed E-state index contributed by atoms with van der Waals surface area (Å²) in [7, 11) is 3.78. The molecule has 1 aromatic rings. The molecule has 184 valence electrons. The lowest BCUT2D eigenvalue weighted by molar-refractivity contribution is 0.0786. The van der Waals surface area contributed by atoms with E-state index in [4.69, 9.17) is 11.6 Å². The number of hydrogen-bond acceptors (Lipinski definition) is 6. The Kier molecular flexibility index (Phi) is 8.32. The molecule has 0 saturated heterocycles. The Morgan fingerprint density at radius 1 is 1.26 bits per heavy atom. The second-order valence-corrected chi connectivity index (χ2v) is 9.86. The molecule has 1 aliphatic carbocycles. The molecule has 0 saturated carbocycles. The molecule has 2 atom stereocenters. The number of carbonyl (C=O) groups excluding carboxylic acids is 1. The number of halogens is 1. The molecular weight excluding hydrogens is 450 g/mol. The van der Waals surface area contributed by atoms with Crippen molar-refractivity contribution in [1.29, 1.82) is 0 Å². The van der Waals surface area contributed by atoms with Crippen LogP contribution in [0.4, 0.5) is 0 Å². The first kappa shape index (κ1) is 24.8. The van der Waals surface area contributed by atoms with E-state index in [0.717, 1.165) is 36.9 Å². The quantitative estimate of drug-likeness (QED) is 0.318. The van der Waals surface area contributed by atoms with Crippen molar-refractivity contribution in [1.82, 2.24) is 26.0 Å². The monoisotopic (exact) mass is 485 g/mol. The maximum atomic E-state index is 12.9. The Balaban J connectivity index is 1.21. The van der Waals surface area contributed by atoms with Crippen LogP contribution in [-0.4, -0.2) is 73.2 Å². The largest absolute Gasteiger partial charge is 0.387 e. The van der Waals surface area contributed by atoms with Gasteiger partial charge in [0.05, 0.1) is 12.1 Å². The van der Waals surface area contributed by atoms with Crippen molar-refractivity contribution in [3.8, 4) is 0 Å². The van der Waals surface area contributed by atoms with Gasteiger partial charge >= 0.3 is 0 Å². The SMILES string of the molecule is CN(CC1NNC2=C1CCCC2)C(=O)c1ccc(CCNCC(O)C2=CC=C(Cl)N(C)C2)cc1. The molecule has 2 unspecified atom stereocenters. The third-order valence-electron chi connectivity index (χ3n) is 6.91. The van der Waals surface area contributed by atoms with Crippen LogP contribution in [0.15, 0.2) is 58.4 Å². The highest BCUT2D eigenvalue weighted by molar-refractivity contribution is 6.29. The minimum Gasteiger partial charge on any atom is -0.387 e. The van der Waals surface area contributed by atoms with Gasteiger partial charge in [0.15, 0.2) is 0 Å². The van der Waals surface area contributed by atoms with E-state index >= 15 is 0 Å². The third-order valence-corrected chi connectivity index (χ3v) is 7.32. The first-order chi connectivity index (χ1) is 16.4. The standard InChI is InChI=1S/C26H36ClN5O2/c1-31-16-20(11-12-25(31)27)24(33)15-28-14-13-18-7-9-19(10-8-18)26(34)32(2)17-23-21-5-3-4-6-22(21)29-30-23/h7-12,23-24,28-30,33H,3-6,13-17H2,1-2H3. The van der Waals surface area contributed by atoms with Gasteiger partial charge in [0.2, 0.25) is 0 Å². The maximum Gasteiger partial charge on any atom is 0.253 e. The van der Waals surface area contributed by atoms with E-state index in [-0.39, 0.29) is 11.9 Å². The van der Waals surface area contributed by atoms with Crippen LogP contribution in [0.2, 0.25) is 0 Å². The lowest BCUT2D eigenvalue weighted by Gasteiger charge is -2.26.